The maximum Gasteiger partial charge on any atom is 0.266 e. The summed E-state index contributed by atoms with van der Waals surface area (Å²) in [6.45, 7) is 5.96. The van der Waals surface area contributed by atoms with Crippen LogP contribution in [0.25, 0.3) is 0 Å². The molecule has 0 bridgehead atoms. The van der Waals surface area contributed by atoms with Gasteiger partial charge in [-0.05, 0) is 6.42 Å². The van der Waals surface area contributed by atoms with E-state index in [1.165, 1.54) is 0 Å². The Morgan fingerprint density at radius 2 is 2.27 bits per heavy atom. The van der Waals surface area contributed by atoms with Gasteiger partial charge in [0.2, 0.25) is 0 Å². The predicted molar refractivity (Wildman–Crippen MR) is 40.6 cm³/mol. The van der Waals surface area contributed by atoms with Crippen LogP contribution in [0.3, 0.4) is 0 Å². The minimum atomic E-state index is -2.49. The van der Waals surface area contributed by atoms with Crippen molar-refractivity contribution >= 4 is 0 Å². The molecule has 11 heavy (non-hydrogen) atoms. The van der Waals surface area contributed by atoms with E-state index in [-0.39, 0.29) is 13.0 Å². The van der Waals surface area contributed by atoms with Crippen molar-refractivity contribution in [3.8, 4) is 0 Å². The Hall–Kier alpha value is -0.600. The molecule has 0 aromatic rings. The lowest BCUT2D eigenvalue weighted by atomic mass is 10.3. The molecule has 1 aliphatic rings. The predicted octanol–water partition coefficient (Wildman–Crippen LogP) is 2.25. The molecule has 1 fully saturated rings. The molecule has 0 aliphatic carbocycles. The molecular weight excluding hydrogens is 148 g/mol. The van der Waals surface area contributed by atoms with E-state index in [0.717, 1.165) is 12.1 Å². The van der Waals surface area contributed by atoms with Gasteiger partial charge in [0.15, 0.2) is 0 Å². The summed E-state index contributed by atoms with van der Waals surface area (Å²) in [5, 5.41) is 0. The van der Waals surface area contributed by atoms with Crippen LogP contribution in [0.2, 0.25) is 0 Å². The van der Waals surface area contributed by atoms with Gasteiger partial charge in [0.25, 0.3) is 5.92 Å². The van der Waals surface area contributed by atoms with Crippen LogP contribution < -0.4 is 0 Å². The largest absolute Gasteiger partial charge is 0.369 e. The molecular formula is C8H13F2N. The van der Waals surface area contributed by atoms with Crippen LogP contribution in [-0.4, -0.2) is 23.9 Å². The van der Waals surface area contributed by atoms with E-state index in [9.17, 15) is 8.78 Å². The van der Waals surface area contributed by atoms with E-state index >= 15 is 0 Å². The molecule has 0 N–H and O–H groups in total. The van der Waals surface area contributed by atoms with Crippen LogP contribution >= 0.6 is 0 Å². The molecule has 1 heterocycles. The van der Waals surface area contributed by atoms with E-state index < -0.39 is 5.92 Å². The Morgan fingerprint density at radius 3 is 2.64 bits per heavy atom. The normalized spacial score (nSPS) is 22.3. The fraction of sp³-hybridized carbons (Fsp3) is 0.750. The Kier molecular flexibility index (Phi) is 2.16. The average Bonchev–Trinajstić information content (AvgIpc) is 2.29. The monoisotopic (exact) mass is 161 g/mol. The number of rotatable bonds is 2. The Balaban J connectivity index is 2.48. The third kappa shape index (κ3) is 1.91. The fourth-order valence-corrected chi connectivity index (χ4v) is 1.23. The quantitative estimate of drug-likeness (QED) is 0.600. The van der Waals surface area contributed by atoms with Gasteiger partial charge in [0.1, 0.15) is 0 Å². The van der Waals surface area contributed by atoms with Gasteiger partial charge in [0.05, 0.1) is 6.54 Å². The van der Waals surface area contributed by atoms with Gasteiger partial charge in [-0.3, -0.25) is 0 Å². The van der Waals surface area contributed by atoms with Gasteiger partial charge in [0, 0.05) is 18.7 Å². The zero-order valence-corrected chi connectivity index (χ0v) is 6.74. The maximum absolute atomic E-state index is 12.6. The molecule has 0 amide bonds. The zero-order chi connectivity index (χ0) is 8.48. The first-order valence-electron chi connectivity index (χ1n) is 3.86. The van der Waals surface area contributed by atoms with Crippen LogP contribution in [0.15, 0.2) is 12.3 Å². The lowest BCUT2D eigenvalue weighted by Crippen LogP contribution is -2.24. The molecule has 0 saturated carbocycles. The molecule has 1 aliphatic heterocycles. The summed E-state index contributed by atoms with van der Waals surface area (Å²) in [4.78, 5) is 1.67. The van der Waals surface area contributed by atoms with Crippen LogP contribution in [0.4, 0.5) is 8.78 Å². The Bertz CT molecular complexity index is 165. The van der Waals surface area contributed by atoms with E-state index in [1.807, 2.05) is 6.92 Å². The van der Waals surface area contributed by atoms with E-state index in [1.54, 1.807) is 4.90 Å². The van der Waals surface area contributed by atoms with Crippen molar-refractivity contribution < 1.29 is 8.78 Å². The van der Waals surface area contributed by atoms with Crippen molar-refractivity contribution in [2.24, 2.45) is 0 Å². The van der Waals surface area contributed by atoms with Crippen molar-refractivity contribution in [1.82, 2.24) is 4.90 Å². The highest BCUT2D eigenvalue weighted by atomic mass is 19.3. The first kappa shape index (κ1) is 8.50. The number of allylic oxidation sites excluding steroid dienone is 1. The number of alkyl halides is 2. The fourth-order valence-electron chi connectivity index (χ4n) is 1.23. The number of halogens is 2. The maximum atomic E-state index is 12.6. The molecule has 0 aromatic heterocycles. The number of nitrogens with zero attached hydrogens (tertiary/aromatic N) is 1. The smallest absolute Gasteiger partial charge is 0.266 e. The first-order chi connectivity index (χ1) is 5.05. The lowest BCUT2D eigenvalue weighted by molar-refractivity contribution is 0.0150. The van der Waals surface area contributed by atoms with Gasteiger partial charge in [-0.25, -0.2) is 8.78 Å². The second-order valence-electron chi connectivity index (χ2n) is 2.95. The second kappa shape index (κ2) is 2.80. The minimum Gasteiger partial charge on any atom is -0.369 e. The van der Waals surface area contributed by atoms with Gasteiger partial charge in [-0.1, -0.05) is 13.5 Å². The van der Waals surface area contributed by atoms with Crippen LogP contribution in [0.5, 0.6) is 0 Å². The molecule has 0 radical (unpaired) electrons. The third-order valence-electron chi connectivity index (χ3n) is 2.02. The molecule has 0 unspecified atom stereocenters. The summed E-state index contributed by atoms with van der Waals surface area (Å²) >= 11 is 0. The van der Waals surface area contributed by atoms with Crippen molar-refractivity contribution in [3.05, 3.63) is 12.3 Å². The molecule has 3 heteroatoms. The Morgan fingerprint density at radius 1 is 1.64 bits per heavy atom. The zero-order valence-electron chi connectivity index (χ0n) is 6.74. The highest BCUT2D eigenvalue weighted by molar-refractivity contribution is 4.98. The van der Waals surface area contributed by atoms with Gasteiger partial charge in [-0.2, -0.15) is 0 Å². The summed E-state index contributed by atoms with van der Waals surface area (Å²) in [5.74, 6) is -2.49. The number of hydrogen-bond donors (Lipinski definition) is 0. The standard InChI is InChI=1S/C8H13F2N/c1-3-7(2)11-5-4-8(9,10)6-11/h2-6H2,1H3. The molecule has 1 rings (SSSR count). The van der Waals surface area contributed by atoms with Gasteiger partial charge < -0.3 is 4.90 Å². The molecule has 1 saturated heterocycles. The van der Waals surface area contributed by atoms with E-state index in [2.05, 4.69) is 6.58 Å². The minimum absolute atomic E-state index is 0.0218. The Labute approximate surface area is 65.7 Å². The van der Waals surface area contributed by atoms with Crippen molar-refractivity contribution in [1.29, 1.82) is 0 Å². The van der Waals surface area contributed by atoms with Crippen molar-refractivity contribution in [2.75, 3.05) is 13.1 Å². The van der Waals surface area contributed by atoms with Crippen LogP contribution in [0, 0.1) is 0 Å². The summed E-state index contributed by atoms with van der Waals surface area (Å²) < 4.78 is 25.2. The van der Waals surface area contributed by atoms with E-state index in [4.69, 9.17) is 0 Å². The third-order valence-corrected chi connectivity index (χ3v) is 2.02. The van der Waals surface area contributed by atoms with Crippen LogP contribution in [-0.2, 0) is 0 Å². The molecule has 0 atom stereocenters. The number of likely N-dealkylation sites (tertiary alicyclic amines) is 1. The number of hydrogen-bond acceptors (Lipinski definition) is 1. The highest BCUT2D eigenvalue weighted by Crippen LogP contribution is 2.29. The van der Waals surface area contributed by atoms with Gasteiger partial charge >= 0.3 is 0 Å². The summed E-state index contributed by atoms with van der Waals surface area (Å²) in [5.41, 5.74) is 0.821. The summed E-state index contributed by atoms with van der Waals surface area (Å²) in [7, 11) is 0. The SMILES string of the molecule is C=C(CC)N1CCC(F)(F)C1. The van der Waals surface area contributed by atoms with Crippen molar-refractivity contribution in [2.45, 2.75) is 25.7 Å². The van der Waals surface area contributed by atoms with E-state index in [0.29, 0.717) is 6.54 Å². The summed E-state index contributed by atoms with van der Waals surface area (Å²) in [6.07, 6.45) is 0.738. The summed E-state index contributed by atoms with van der Waals surface area (Å²) in [6, 6.07) is 0. The average molecular weight is 161 g/mol. The first-order valence-corrected chi connectivity index (χ1v) is 3.86. The van der Waals surface area contributed by atoms with Crippen LogP contribution in [0.1, 0.15) is 19.8 Å². The lowest BCUT2D eigenvalue weighted by Gasteiger charge is -2.19. The molecule has 64 valence electrons. The topological polar surface area (TPSA) is 3.24 Å². The second-order valence-corrected chi connectivity index (χ2v) is 2.95. The molecule has 0 spiro atoms. The van der Waals surface area contributed by atoms with Crippen molar-refractivity contribution in [3.63, 3.8) is 0 Å². The molecule has 1 nitrogen and oxygen atoms in total. The highest BCUT2D eigenvalue weighted by Gasteiger charge is 2.38. The van der Waals surface area contributed by atoms with Gasteiger partial charge in [-0.15, -0.1) is 0 Å². The molecule has 0 aromatic carbocycles.